The maximum absolute atomic E-state index is 12.3. The molecule has 0 bridgehead atoms. The summed E-state index contributed by atoms with van der Waals surface area (Å²) in [5, 5.41) is 5.99. The van der Waals surface area contributed by atoms with Gasteiger partial charge in [-0.15, -0.1) is 0 Å². The van der Waals surface area contributed by atoms with Crippen molar-refractivity contribution in [2.45, 2.75) is 43.8 Å². The normalized spacial score (nSPS) is 14.0. The summed E-state index contributed by atoms with van der Waals surface area (Å²) in [6.07, 6.45) is 4.19. The second-order valence-electron chi connectivity index (χ2n) is 7.44. The van der Waals surface area contributed by atoms with Gasteiger partial charge in [-0.25, -0.2) is 9.78 Å². The van der Waals surface area contributed by atoms with Crippen LogP contribution in [0.3, 0.4) is 0 Å². The number of aromatic nitrogens is 2. The molecule has 4 rings (SSSR count). The Morgan fingerprint density at radius 2 is 1.87 bits per heavy atom. The van der Waals surface area contributed by atoms with Crippen molar-refractivity contribution in [3.8, 4) is 11.4 Å². The van der Waals surface area contributed by atoms with Crippen LogP contribution in [0.2, 0.25) is 0 Å². The van der Waals surface area contributed by atoms with Crippen LogP contribution in [-0.4, -0.2) is 39.9 Å². The zero-order valence-electron chi connectivity index (χ0n) is 17.5. The molecule has 31 heavy (non-hydrogen) atoms. The number of nitrogens with one attached hydrogen (secondary N) is 2. The van der Waals surface area contributed by atoms with Crippen LogP contribution in [-0.2, 0) is 4.79 Å². The van der Waals surface area contributed by atoms with E-state index in [1.165, 1.54) is 11.8 Å². The molecule has 1 aliphatic carbocycles. The van der Waals surface area contributed by atoms with Crippen LogP contribution >= 0.6 is 11.8 Å². The molecule has 1 aromatic heterocycles. The number of benzene rings is 2. The number of rotatable bonds is 7. The third kappa shape index (κ3) is 5.19. The lowest BCUT2D eigenvalue weighted by Gasteiger charge is -2.12. The highest BCUT2D eigenvalue weighted by atomic mass is 32.2. The predicted octanol–water partition coefficient (Wildman–Crippen LogP) is 4.28. The van der Waals surface area contributed by atoms with Gasteiger partial charge in [0.15, 0.2) is 5.16 Å². The van der Waals surface area contributed by atoms with Crippen molar-refractivity contribution in [1.29, 1.82) is 0 Å². The summed E-state index contributed by atoms with van der Waals surface area (Å²) in [6, 6.07) is 15.4. The number of imide groups is 1. The molecule has 0 spiro atoms. The number of para-hydroxylation sites is 2. The van der Waals surface area contributed by atoms with Crippen LogP contribution in [0.15, 0.2) is 53.7 Å². The smallest absolute Gasteiger partial charge is 0.321 e. The topological polar surface area (TPSA) is 85.2 Å². The molecule has 3 aromatic rings. The largest absolute Gasteiger partial charge is 0.494 e. The first-order valence-corrected chi connectivity index (χ1v) is 11.6. The SMILES string of the molecule is CCOc1ccc(-n2c(SCC(=O)NC(=O)NC3CCCC3)nc3ccccc32)cc1. The summed E-state index contributed by atoms with van der Waals surface area (Å²) in [4.78, 5) is 29.1. The van der Waals surface area contributed by atoms with Crippen molar-refractivity contribution in [1.82, 2.24) is 20.2 Å². The lowest BCUT2D eigenvalue weighted by molar-refractivity contribution is -0.117. The lowest BCUT2D eigenvalue weighted by atomic mass is 10.2. The number of carbonyl (C=O) groups excluding carboxylic acids is 2. The van der Waals surface area contributed by atoms with E-state index >= 15 is 0 Å². The van der Waals surface area contributed by atoms with Crippen molar-refractivity contribution >= 4 is 34.7 Å². The monoisotopic (exact) mass is 438 g/mol. The minimum Gasteiger partial charge on any atom is -0.494 e. The number of amides is 3. The van der Waals surface area contributed by atoms with Crippen molar-refractivity contribution < 1.29 is 14.3 Å². The molecular formula is C23H26N4O3S. The van der Waals surface area contributed by atoms with Crippen LogP contribution in [0, 0.1) is 0 Å². The number of imidazole rings is 1. The zero-order chi connectivity index (χ0) is 21.6. The highest BCUT2D eigenvalue weighted by Gasteiger charge is 2.19. The van der Waals surface area contributed by atoms with Gasteiger partial charge in [0.25, 0.3) is 0 Å². The van der Waals surface area contributed by atoms with E-state index in [1.807, 2.05) is 60.0 Å². The number of hydrogen-bond acceptors (Lipinski definition) is 5. The van der Waals surface area contributed by atoms with Gasteiger partial charge in [-0.3, -0.25) is 14.7 Å². The molecule has 1 heterocycles. The van der Waals surface area contributed by atoms with Gasteiger partial charge < -0.3 is 10.1 Å². The fourth-order valence-corrected chi connectivity index (χ4v) is 4.62. The standard InChI is InChI=1S/C23H26N4O3S/c1-2-30-18-13-11-17(12-14-18)27-20-10-6-5-9-19(20)25-23(27)31-15-21(28)26-22(29)24-16-7-3-4-8-16/h5-6,9-14,16H,2-4,7-8,15H2,1H3,(H2,24,26,28,29). The summed E-state index contributed by atoms with van der Waals surface area (Å²) in [7, 11) is 0. The highest BCUT2D eigenvalue weighted by Crippen LogP contribution is 2.29. The molecular weight excluding hydrogens is 412 g/mol. The van der Waals surface area contributed by atoms with Crippen molar-refractivity contribution in [3.05, 3.63) is 48.5 Å². The Morgan fingerprint density at radius 3 is 2.61 bits per heavy atom. The quantitative estimate of drug-likeness (QED) is 0.538. The first-order chi connectivity index (χ1) is 15.1. The second-order valence-corrected chi connectivity index (χ2v) is 8.38. The molecule has 7 nitrogen and oxygen atoms in total. The second kappa shape index (κ2) is 9.87. The van der Waals surface area contributed by atoms with Crippen molar-refractivity contribution in [3.63, 3.8) is 0 Å². The lowest BCUT2D eigenvalue weighted by Crippen LogP contribution is -2.44. The molecule has 0 atom stereocenters. The van der Waals surface area contributed by atoms with E-state index in [2.05, 4.69) is 10.6 Å². The first kappa shape index (κ1) is 21.2. The maximum atomic E-state index is 12.3. The molecule has 0 radical (unpaired) electrons. The Morgan fingerprint density at radius 1 is 1.13 bits per heavy atom. The van der Waals surface area contributed by atoms with E-state index in [1.54, 1.807) is 0 Å². The van der Waals surface area contributed by atoms with Crippen LogP contribution in [0.5, 0.6) is 5.75 Å². The number of fused-ring (bicyclic) bond motifs is 1. The summed E-state index contributed by atoms with van der Waals surface area (Å²) < 4.78 is 7.55. The molecule has 3 amide bonds. The Bertz CT molecular complexity index is 1060. The summed E-state index contributed by atoms with van der Waals surface area (Å²) >= 11 is 1.30. The van der Waals surface area contributed by atoms with Gasteiger partial charge in [0, 0.05) is 11.7 Å². The first-order valence-electron chi connectivity index (χ1n) is 10.6. The maximum Gasteiger partial charge on any atom is 0.321 e. The molecule has 162 valence electrons. The van der Waals surface area contributed by atoms with Crippen LogP contribution in [0.1, 0.15) is 32.6 Å². The van der Waals surface area contributed by atoms with Gasteiger partial charge in [0.1, 0.15) is 5.75 Å². The molecule has 0 saturated heterocycles. The van der Waals surface area contributed by atoms with E-state index in [9.17, 15) is 9.59 Å². The Kier molecular flexibility index (Phi) is 6.76. The third-order valence-electron chi connectivity index (χ3n) is 5.21. The summed E-state index contributed by atoms with van der Waals surface area (Å²) in [5.74, 6) is 0.557. The molecule has 1 saturated carbocycles. The van der Waals surface area contributed by atoms with E-state index in [0.29, 0.717) is 11.8 Å². The minimum atomic E-state index is -0.419. The van der Waals surface area contributed by atoms with Gasteiger partial charge >= 0.3 is 6.03 Å². The average molecular weight is 439 g/mol. The Labute approximate surface area is 185 Å². The van der Waals surface area contributed by atoms with Gasteiger partial charge in [0.2, 0.25) is 5.91 Å². The van der Waals surface area contributed by atoms with Crippen molar-refractivity contribution in [2.75, 3.05) is 12.4 Å². The van der Waals surface area contributed by atoms with Crippen LogP contribution in [0.25, 0.3) is 16.7 Å². The molecule has 2 N–H and O–H groups in total. The highest BCUT2D eigenvalue weighted by molar-refractivity contribution is 7.99. The number of nitrogens with zero attached hydrogens (tertiary/aromatic N) is 2. The Hall–Kier alpha value is -3.00. The van der Waals surface area contributed by atoms with E-state index in [0.717, 1.165) is 48.2 Å². The predicted molar refractivity (Wildman–Crippen MR) is 122 cm³/mol. The van der Waals surface area contributed by atoms with Gasteiger partial charge in [-0.2, -0.15) is 0 Å². The molecule has 1 fully saturated rings. The van der Waals surface area contributed by atoms with Crippen molar-refractivity contribution in [2.24, 2.45) is 0 Å². The fourth-order valence-electron chi connectivity index (χ4n) is 3.79. The van der Waals surface area contributed by atoms with Crippen LogP contribution in [0.4, 0.5) is 4.79 Å². The number of ether oxygens (including phenoxy) is 1. The minimum absolute atomic E-state index is 0.0957. The number of carbonyl (C=O) groups is 2. The van der Waals surface area contributed by atoms with Gasteiger partial charge in [-0.1, -0.05) is 36.7 Å². The zero-order valence-corrected chi connectivity index (χ0v) is 18.3. The van der Waals surface area contributed by atoms with E-state index < -0.39 is 6.03 Å². The van der Waals surface area contributed by atoms with Crippen LogP contribution < -0.4 is 15.4 Å². The summed E-state index contributed by atoms with van der Waals surface area (Å²) in [5.41, 5.74) is 2.73. The molecule has 2 aromatic carbocycles. The molecule has 8 heteroatoms. The van der Waals surface area contributed by atoms with E-state index in [4.69, 9.17) is 9.72 Å². The molecule has 1 aliphatic rings. The fraction of sp³-hybridized carbons (Fsp3) is 0.348. The van der Waals surface area contributed by atoms with Gasteiger partial charge in [-0.05, 0) is 56.2 Å². The average Bonchev–Trinajstić information content (AvgIpc) is 3.40. The molecule has 0 unspecified atom stereocenters. The third-order valence-corrected chi connectivity index (χ3v) is 6.15. The number of thioether (sulfide) groups is 1. The number of urea groups is 1. The van der Waals surface area contributed by atoms with Gasteiger partial charge in [0.05, 0.1) is 23.4 Å². The summed E-state index contributed by atoms with van der Waals surface area (Å²) in [6.45, 7) is 2.56. The Balaban J connectivity index is 1.47. The van der Waals surface area contributed by atoms with E-state index in [-0.39, 0.29) is 17.7 Å². The number of hydrogen-bond donors (Lipinski definition) is 2. The molecule has 0 aliphatic heterocycles.